The molecule has 5 heteroatoms. The van der Waals surface area contributed by atoms with Crippen molar-refractivity contribution in [2.75, 3.05) is 32.9 Å². The van der Waals surface area contributed by atoms with Crippen LogP contribution in [0.15, 0.2) is 0 Å². The smallest absolute Gasteiger partial charge is 0.222 e. The number of ether oxygens (including phenoxy) is 2. The first-order valence-electron chi connectivity index (χ1n) is 5.33. The van der Waals surface area contributed by atoms with Gasteiger partial charge in [0.25, 0.3) is 0 Å². The Morgan fingerprint density at radius 3 is 2.67 bits per heavy atom. The number of carbonyl (C=O) groups is 1. The van der Waals surface area contributed by atoms with Gasteiger partial charge in [0.2, 0.25) is 5.91 Å². The standard InChI is InChI=1S/C10H22N2O3/c1-9(2)15-8-5-12-10(13)3-6-14-7-4-11/h9H,3-8,11H2,1-2H3,(H,12,13). The molecule has 0 bridgehead atoms. The van der Waals surface area contributed by atoms with Crippen LogP contribution in [0.4, 0.5) is 0 Å². The Bertz CT molecular complexity index is 163. The van der Waals surface area contributed by atoms with Crippen LogP contribution in [-0.2, 0) is 14.3 Å². The largest absolute Gasteiger partial charge is 0.380 e. The molecule has 0 saturated heterocycles. The van der Waals surface area contributed by atoms with Crippen LogP contribution in [0.25, 0.3) is 0 Å². The van der Waals surface area contributed by atoms with Gasteiger partial charge in [0, 0.05) is 19.5 Å². The Hall–Kier alpha value is -0.650. The molecule has 0 aromatic carbocycles. The van der Waals surface area contributed by atoms with Gasteiger partial charge in [0.05, 0.1) is 25.9 Å². The van der Waals surface area contributed by atoms with Gasteiger partial charge in [0.15, 0.2) is 0 Å². The van der Waals surface area contributed by atoms with E-state index in [1.165, 1.54) is 0 Å². The summed E-state index contributed by atoms with van der Waals surface area (Å²) in [7, 11) is 0. The van der Waals surface area contributed by atoms with Crippen LogP contribution >= 0.6 is 0 Å². The fourth-order valence-corrected chi connectivity index (χ4v) is 0.924. The number of rotatable bonds is 9. The highest BCUT2D eigenvalue weighted by Gasteiger charge is 2.00. The fraction of sp³-hybridized carbons (Fsp3) is 0.900. The van der Waals surface area contributed by atoms with Crippen LogP contribution in [0.2, 0.25) is 0 Å². The lowest BCUT2D eigenvalue weighted by molar-refractivity contribution is -0.122. The lowest BCUT2D eigenvalue weighted by atomic mass is 10.4. The number of hydrogen-bond acceptors (Lipinski definition) is 4. The molecule has 90 valence electrons. The Kier molecular flexibility index (Phi) is 9.46. The second-order valence-electron chi connectivity index (χ2n) is 3.42. The summed E-state index contributed by atoms with van der Waals surface area (Å²) in [5.41, 5.74) is 5.23. The summed E-state index contributed by atoms with van der Waals surface area (Å²) in [4.78, 5) is 11.2. The van der Waals surface area contributed by atoms with E-state index in [1.807, 2.05) is 13.8 Å². The summed E-state index contributed by atoms with van der Waals surface area (Å²) in [5.74, 6) is -0.0145. The molecule has 5 nitrogen and oxygen atoms in total. The highest BCUT2D eigenvalue weighted by atomic mass is 16.5. The van der Waals surface area contributed by atoms with E-state index in [1.54, 1.807) is 0 Å². The maximum Gasteiger partial charge on any atom is 0.222 e. The Balaban J connectivity index is 3.19. The minimum Gasteiger partial charge on any atom is -0.380 e. The average molecular weight is 218 g/mol. The Labute approximate surface area is 91.3 Å². The zero-order valence-electron chi connectivity index (χ0n) is 9.62. The second-order valence-corrected chi connectivity index (χ2v) is 3.42. The van der Waals surface area contributed by atoms with E-state index in [2.05, 4.69) is 5.32 Å². The van der Waals surface area contributed by atoms with Crippen molar-refractivity contribution in [3.8, 4) is 0 Å². The van der Waals surface area contributed by atoms with Gasteiger partial charge in [-0.25, -0.2) is 0 Å². The van der Waals surface area contributed by atoms with Crippen molar-refractivity contribution in [1.82, 2.24) is 5.32 Å². The monoisotopic (exact) mass is 218 g/mol. The average Bonchev–Trinajstić information content (AvgIpc) is 2.19. The molecule has 15 heavy (non-hydrogen) atoms. The van der Waals surface area contributed by atoms with Crippen molar-refractivity contribution in [2.24, 2.45) is 5.73 Å². The highest BCUT2D eigenvalue weighted by Crippen LogP contribution is 1.86. The molecule has 0 aliphatic rings. The molecule has 0 unspecified atom stereocenters. The van der Waals surface area contributed by atoms with Crippen molar-refractivity contribution < 1.29 is 14.3 Å². The predicted octanol–water partition coefficient (Wildman–Crippen LogP) is -0.107. The molecule has 1 amide bonds. The molecule has 0 fully saturated rings. The molecule has 3 N–H and O–H groups in total. The summed E-state index contributed by atoms with van der Waals surface area (Å²) in [5, 5.41) is 2.74. The highest BCUT2D eigenvalue weighted by molar-refractivity contribution is 5.75. The Morgan fingerprint density at radius 2 is 2.07 bits per heavy atom. The zero-order chi connectivity index (χ0) is 11.5. The molecule has 0 heterocycles. The zero-order valence-corrected chi connectivity index (χ0v) is 9.62. The molecular formula is C10H22N2O3. The van der Waals surface area contributed by atoms with Gasteiger partial charge in [-0.1, -0.05) is 0 Å². The third kappa shape index (κ3) is 11.3. The van der Waals surface area contributed by atoms with Gasteiger partial charge in [-0.05, 0) is 13.8 Å². The molecule has 0 aromatic rings. The fourth-order valence-electron chi connectivity index (χ4n) is 0.924. The van der Waals surface area contributed by atoms with Crippen LogP contribution < -0.4 is 11.1 Å². The third-order valence-corrected chi connectivity index (χ3v) is 1.61. The number of nitrogens with one attached hydrogen (secondary N) is 1. The van der Waals surface area contributed by atoms with Crippen molar-refractivity contribution in [2.45, 2.75) is 26.4 Å². The molecular weight excluding hydrogens is 196 g/mol. The third-order valence-electron chi connectivity index (χ3n) is 1.61. The van der Waals surface area contributed by atoms with E-state index in [9.17, 15) is 4.79 Å². The maximum atomic E-state index is 11.2. The van der Waals surface area contributed by atoms with E-state index in [4.69, 9.17) is 15.2 Å². The Morgan fingerprint density at radius 1 is 1.33 bits per heavy atom. The predicted molar refractivity (Wildman–Crippen MR) is 58.6 cm³/mol. The number of amides is 1. The maximum absolute atomic E-state index is 11.2. The molecule has 0 aliphatic heterocycles. The molecule has 0 rings (SSSR count). The topological polar surface area (TPSA) is 73.6 Å². The van der Waals surface area contributed by atoms with E-state index in [-0.39, 0.29) is 12.0 Å². The van der Waals surface area contributed by atoms with Gasteiger partial charge in [-0.15, -0.1) is 0 Å². The van der Waals surface area contributed by atoms with E-state index in [0.29, 0.717) is 39.3 Å². The van der Waals surface area contributed by atoms with Gasteiger partial charge in [-0.2, -0.15) is 0 Å². The van der Waals surface area contributed by atoms with Crippen LogP contribution in [0.5, 0.6) is 0 Å². The van der Waals surface area contributed by atoms with Crippen LogP contribution in [0.3, 0.4) is 0 Å². The van der Waals surface area contributed by atoms with Gasteiger partial charge >= 0.3 is 0 Å². The molecule has 0 radical (unpaired) electrons. The summed E-state index contributed by atoms with van der Waals surface area (Å²) < 4.78 is 10.4. The second kappa shape index (κ2) is 9.89. The quantitative estimate of drug-likeness (QED) is 0.530. The molecule has 0 saturated carbocycles. The first kappa shape index (κ1) is 14.3. The van der Waals surface area contributed by atoms with E-state index >= 15 is 0 Å². The molecule has 0 spiro atoms. The van der Waals surface area contributed by atoms with E-state index in [0.717, 1.165) is 0 Å². The lowest BCUT2D eigenvalue weighted by Crippen LogP contribution is -2.29. The molecule has 0 aliphatic carbocycles. The summed E-state index contributed by atoms with van der Waals surface area (Å²) >= 11 is 0. The molecule has 0 atom stereocenters. The minimum absolute atomic E-state index is 0.0145. The minimum atomic E-state index is -0.0145. The van der Waals surface area contributed by atoms with Crippen LogP contribution in [-0.4, -0.2) is 44.9 Å². The number of carbonyl (C=O) groups excluding carboxylic acids is 1. The first-order chi connectivity index (χ1) is 7.16. The lowest BCUT2D eigenvalue weighted by Gasteiger charge is -2.08. The van der Waals surface area contributed by atoms with Crippen molar-refractivity contribution in [1.29, 1.82) is 0 Å². The SMILES string of the molecule is CC(C)OCCNC(=O)CCOCCN. The first-order valence-corrected chi connectivity index (χ1v) is 5.33. The number of nitrogens with two attached hydrogens (primary N) is 1. The van der Waals surface area contributed by atoms with Gasteiger partial charge < -0.3 is 20.5 Å². The summed E-state index contributed by atoms with van der Waals surface area (Å²) in [6, 6.07) is 0. The van der Waals surface area contributed by atoms with Crippen molar-refractivity contribution in [3.63, 3.8) is 0 Å². The van der Waals surface area contributed by atoms with Crippen molar-refractivity contribution >= 4 is 5.91 Å². The number of hydrogen-bond donors (Lipinski definition) is 2. The van der Waals surface area contributed by atoms with Gasteiger partial charge in [0.1, 0.15) is 0 Å². The summed E-state index contributed by atoms with van der Waals surface area (Å²) in [6.45, 7) is 6.44. The van der Waals surface area contributed by atoms with Crippen LogP contribution in [0, 0.1) is 0 Å². The van der Waals surface area contributed by atoms with E-state index < -0.39 is 0 Å². The molecule has 0 aromatic heterocycles. The van der Waals surface area contributed by atoms with Crippen molar-refractivity contribution in [3.05, 3.63) is 0 Å². The normalized spacial score (nSPS) is 10.7. The summed E-state index contributed by atoms with van der Waals surface area (Å²) in [6.07, 6.45) is 0.580. The van der Waals surface area contributed by atoms with Crippen LogP contribution in [0.1, 0.15) is 20.3 Å². The van der Waals surface area contributed by atoms with Gasteiger partial charge in [-0.3, -0.25) is 4.79 Å².